The molecule has 0 radical (unpaired) electrons. The zero-order valence-corrected chi connectivity index (χ0v) is 15.8. The van der Waals surface area contributed by atoms with Crippen molar-refractivity contribution < 1.29 is 19.0 Å². The lowest BCUT2D eigenvalue weighted by Gasteiger charge is -2.08. The van der Waals surface area contributed by atoms with E-state index in [-0.39, 0.29) is 5.78 Å². The van der Waals surface area contributed by atoms with E-state index in [4.69, 9.17) is 14.2 Å². The molecule has 4 rings (SSSR count). The van der Waals surface area contributed by atoms with Crippen LogP contribution in [0, 0.1) is 6.92 Å². The van der Waals surface area contributed by atoms with Crippen LogP contribution in [0.1, 0.15) is 27.0 Å². The SMILES string of the molecule is COc1cccc(COc2ccc3c(c2)OC(=Cc2cccc(C)c2)C3=O)c1. The van der Waals surface area contributed by atoms with Gasteiger partial charge in [0.05, 0.1) is 12.7 Å². The fourth-order valence-corrected chi connectivity index (χ4v) is 3.10. The minimum Gasteiger partial charge on any atom is -0.497 e. The van der Waals surface area contributed by atoms with Gasteiger partial charge in [-0.15, -0.1) is 0 Å². The number of aryl methyl sites for hydroxylation is 1. The number of rotatable bonds is 5. The molecule has 3 aromatic rings. The van der Waals surface area contributed by atoms with Crippen LogP contribution in [0.15, 0.2) is 72.5 Å². The molecule has 3 aromatic carbocycles. The van der Waals surface area contributed by atoms with Crippen molar-refractivity contribution in [3.63, 3.8) is 0 Å². The van der Waals surface area contributed by atoms with Gasteiger partial charge in [0.15, 0.2) is 5.76 Å². The van der Waals surface area contributed by atoms with Crippen molar-refractivity contribution in [2.75, 3.05) is 7.11 Å². The lowest BCUT2D eigenvalue weighted by Crippen LogP contribution is -1.98. The van der Waals surface area contributed by atoms with E-state index in [1.54, 1.807) is 31.4 Å². The second kappa shape index (κ2) is 7.61. The highest BCUT2D eigenvalue weighted by Crippen LogP contribution is 2.35. The number of hydrogen-bond donors (Lipinski definition) is 0. The Balaban J connectivity index is 1.50. The fraction of sp³-hybridized carbons (Fsp3) is 0.125. The van der Waals surface area contributed by atoms with Crippen LogP contribution in [0.5, 0.6) is 17.2 Å². The second-order valence-corrected chi connectivity index (χ2v) is 6.65. The highest BCUT2D eigenvalue weighted by molar-refractivity contribution is 6.14. The number of fused-ring (bicyclic) bond motifs is 1. The van der Waals surface area contributed by atoms with Gasteiger partial charge in [-0.3, -0.25) is 4.79 Å². The summed E-state index contributed by atoms with van der Waals surface area (Å²) in [4.78, 5) is 12.6. The molecule has 0 saturated heterocycles. The van der Waals surface area contributed by atoms with E-state index in [1.165, 1.54) is 0 Å². The van der Waals surface area contributed by atoms with Gasteiger partial charge in [-0.1, -0.05) is 42.0 Å². The number of ether oxygens (including phenoxy) is 3. The zero-order chi connectivity index (χ0) is 19.5. The number of Topliss-reactive ketones (excluding diaryl/α,β-unsaturated/α-hetero) is 1. The van der Waals surface area contributed by atoms with Gasteiger partial charge in [-0.2, -0.15) is 0 Å². The number of benzene rings is 3. The van der Waals surface area contributed by atoms with Gasteiger partial charge < -0.3 is 14.2 Å². The molecule has 1 aliphatic rings. The van der Waals surface area contributed by atoms with Crippen molar-refractivity contribution >= 4 is 11.9 Å². The predicted octanol–water partition coefficient (Wildman–Crippen LogP) is 5.20. The Morgan fingerprint density at radius 2 is 1.82 bits per heavy atom. The third kappa shape index (κ3) is 3.76. The van der Waals surface area contributed by atoms with E-state index in [2.05, 4.69) is 0 Å². The maximum atomic E-state index is 12.6. The number of carbonyl (C=O) groups excluding carboxylic acids is 1. The molecule has 1 heterocycles. The third-order valence-corrected chi connectivity index (χ3v) is 4.52. The normalized spacial score (nSPS) is 13.9. The fourth-order valence-electron chi connectivity index (χ4n) is 3.10. The van der Waals surface area contributed by atoms with Crippen molar-refractivity contribution in [3.8, 4) is 17.2 Å². The Morgan fingerprint density at radius 3 is 2.64 bits per heavy atom. The predicted molar refractivity (Wildman–Crippen MR) is 108 cm³/mol. The van der Waals surface area contributed by atoms with Crippen LogP contribution in [-0.2, 0) is 6.61 Å². The zero-order valence-electron chi connectivity index (χ0n) is 15.8. The van der Waals surface area contributed by atoms with Crippen molar-refractivity contribution in [1.82, 2.24) is 0 Å². The van der Waals surface area contributed by atoms with Crippen LogP contribution < -0.4 is 14.2 Å². The van der Waals surface area contributed by atoms with Crippen molar-refractivity contribution in [3.05, 3.63) is 94.7 Å². The summed E-state index contributed by atoms with van der Waals surface area (Å²) in [5.74, 6) is 2.16. The van der Waals surface area contributed by atoms with Crippen molar-refractivity contribution in [2.24, 2.45) is 0 Å². The number of ketones is 1. The lowest BCUT2D eigenvalue weighted by atomic mass is 10.1. The van der Waals surface area contributed by atoms with Gasteiger partial charge >= 0.3 is 0 Å². The highest BCUT2D eigenvalue weighted by atomic mass is 16.5. The van der Waals surface area contributed by atoms with E-state index in [0.717, 1.165) is 22.4 Å². The topological polar surface area (TPSA) is 44.8 Å². The molecule has 0 aliphatic carbocycles. The number of hydrogen-bond acceptors (Lipinski definition) is 4. The Morgan fingerprint density at radius 1 is 0.964 bits per heavy atom. The van der Waals surface area contributed by atoms with Crippen LogP contribution >= 0.6 is 0 Å². The molecular weight excluding hydrogens is 352 g/mol. The summed E-state index contributed by atoms with van der Waals surface area (Å²) in [5, 5.41) is 0. The summed E-state index contributed by atoms with van der Waals surface area (Å²) >= 11 is 0. The quantitative estimate of drug-likeness (QED) is 0.578. The average Bonchev–Trinajstić information content (AvgIpc) is 3.01. The number of methoxy groups -OCH3 is 1. The summed E-state index contributed by atoms with van der Waals surface area (Å²) in [6.07, 6.45) is 1.77. The first-order valence-corrected chi connectivity index (χ1v) is 9.03. The average molecular weight is 372 g/mol. The Hall–Kier alpha value is -3.53. The second-order valence-electron chi connectivity index (χ2n) is 6.65. The summed E-state index contributed by atoms with van der Waals surface area (Å²) in [7, 11) is 1.64. The van der Waals surface area contributed by atoms with Gasteiger partial charge in [0.2, 0.25) is 5.78 Å². The van der Waals surface area contributed by atoms with Crippen LogP contribution in [0.4, 0.5) is 0 Å². The van der Waals surface area contributed by atoms with E-state index >= 15 is 0 Å². The van der Waals surface area contributed by atoms with Crippen molar-refractivity contribution in [2.45, 2.75) is 13.5 Å². The maximum Gasteiger partial charge on any atom is 0.231 e. The van der Waals surface area contributed by atoms with Crippen LogP contribution in [-0.4, -0.2) is 12.9 Å². The van der Waals surface area contributed by atoms with E-state index in [1.807, 2.05) is 55.5 Å². The van der Waals surface area contributed by atoms with E-state index < -0.39 is 0 Å². The molecule has 0 unspecified atom stereocenters. The lowest BCUT2D eigenvalue weighted by molar-refractivity contribution is 0.101. The molecule has 0 aromatic heterocycles. The first-order chi connectivity index (χ1) is 13.6. The molecule has 0 bridgehead atoms. The summed E-state index contributed by atoms with van der Waals surface area (Å²) in [6.45, 7) is 2.41. The molecule has 140 valence electrons. The number of allylic oxidation sites excluding steroid dienone is 1. The third-order valence-electron chi connectivity index (χ3n) is 4.52. The first kappa shape index (κ1) is 17.9. The minimum absolute atomic E-state index is 0.115. The van der Waals surface area contributed by atoms with Crippen LogP contribution in [0.25, 0.3) is 6.08 Å². The summed E-state index contributed by atoms with van der Waals surface area (Å²) in [6, 6.07) is 20.9. The molecule has 28 heavy (non-hydrogen) atoms. The Bertz CT molecular complexity index is 1070. The first-order valence-electron chi connectivity index (χ1n) is 9.03. The molecule has 0 spiro atoms. The van der Waals surface area contributed by atoms with Gasteiger partial charge in [0.1, 0.15) is 23.9 Å². The molecule has 1 aliphatic heterocycles. The Kier molecular flexibility index (Phi) is 4.85. The number of carbonyl (C=O) groups is 1. The molecule has 0 atom stereocenters. The standard InChI is InChI=1S/C24H20O4/c1-16-5-3-6-17(11-16)13-23-24(25)21-10-9-20(14-22(21)28-23)27-15-18-7-4-8-19(12-18)26-2/h3-14H,15H2,1-2H3. The maximum absolute atomic E-state index is 12.6. The monoisotopic (exact) mass is 372 g/mol. The molecule has 0 amide bonds. The van der Waals surface area contributed by atoms with Gasteiger partial charge in [0, 0.05) is 6.07 Å². The van der Waals surface area contributed by atoms with Crippen LogP contribution in [0.2, 0.25) is 0 Å². The summed E-state index contributed by atoms with van der Waals surface area (Å²) in [5.41, 5.74) is 3.61. The van der Waals surface area contributed by atoms with Gasteiger partial charge in [-0.25, -0.2) is 0 Å². The highest BCUT2D eigenvalue weighted by Gasteiger charge is 2.27. The van der Waals surface area contributed by atoms with Gasteiger partial charge in [0.25, 0.3) is 0 Å². The molecule has 0 saturated carbocycles. The molecule has 0 N–H and O–H groups in total. The Labute approximate surface area is 164 Å². The molecule has 4 heteroatoms. The van der Waals surface area contributed by atoms with Crippen molar-refractivity contribution in [1.29, 1.82) is 0 Å². The van der Waals surface area contributed by atoms with Crippen LogP contribution in [0.3, 0.4) is 0 Å². The molecule has 4 nitrogen and oxygen atoms in total. The molecular formula is C24H20O4. The molecule has 0 fully saturated rings. The van der Waals surface area contributed by atoms with E-state index in [0.29, 0.717) is 29.4 Å². The van der Waals surface area contributed by atoms with Gasteiger partial charge in [-0.05, 0) is 48.4 Å². The smallest absolute Gasteiger partial charge is 0.231 e. The largest absolute Gasteiger partial charge is 0.497 e. The van der Waals surface area contributed by atoms with E-state index in [9.17, 15) is 4.79 Å². The minimum atomic E-state index is -0.115. The summed E-state index contributed by atoms with van der Waals surface area (Å²) < 4.78 is 16.9.